The Labute approximate surface area is 67.9 Å². The highest BCUT2D eigenvalue weighted by Gasteiger charge is 2.07. The number of H-pyrrole nitrogens is 1. The summed E-state index contributed by atoms with van der Waals surface area (Å²) in [5.74, 6) is 0.390. The van der Waals surface area contributed by atoms with Crippen molar-refractivity contribution in [2.75, 3.05) is 12.1 Å². The minimum atomic E-state index is 0.390. The Kier molecular flexibility index (Phi) is 1.41. The van der Waals surface area contributed by atoms with Crippen LogP contribution in [0.15, 0.2) is 12.7 Å². The first-order chi connectivity index (χ1) is 5.79. The molecule has 12 heavy (non-hydrogen) atoms. The summed E-state index contributed by atoms with van der Waals surface area (Å²) in [6.07, 6.45) is 2.87. The molecular formula is C6H7N5O. The molecule has 2 N–H and O–H groups in total. The van der Waals surface area contributed by atoms with E-state index in [1.165, 1.54) is 19.7 Å². The third-order valence-corrected chi connectivity index (χ3v) is 1.50. The van der Waals surface area contributed by atoms with Crippen LogP contribution in [0.1, 0.15) is 0 Å². The number of aromatic nitrogens is 4. The van der Waals surface area contributed by atoms with E-state index in [-0.39, 0.29) is 0 Å². The fraction of sp³-hybridized carbons (Fsp3) is 0.167. The summed E-state index contributed by atoms with van der Waals surface area (Å²) in [4.78, 5) is 14.6. The van der Waals surface area contributed by atoms with E-state index in [1.54, 1.807) is 0 Å². The largest absolute Gasteiger partial charge is 0.329 e. The third kappa shape index (κ3) is 0.892. The molecule has 0 aliphatic heterocycles. The molecule has 2 aromatic heterocycles. The summed E-state index contributed by atoms with van der Waals surface area (Å²) in [6.45, 7) is 0. The zero-order chi connectivity index (χ0) is 8.55. The van der Waals surface area contributed by atoms with Crippen molar-refractivity contribution >= 4 is 17.0 Å². The number of imidazole rings is 1. The maximum absolute atomic E-state index is 9.13. The van der Waals surface area contributed by atoms with Gasteiger partial charge in [-0.2, -0.15) is 0 Å². The summed E-state index contributed by atoms with van der Waals surface area (Å²) >= 11 is 0. The van der Waals surface area contributed by atoms with Crippen molar-refractivity contribution in [1.82, 2.24) is 19.9 Å². The number of nitrogens with zero attached hydrogens (tertiary/aromatic N) is 4. The fourth-order valence-corrected chi connectivity index (χ4v) is 0.989. The highest BCUT2D eigenvalue weighted by atomic mass is 16.5. The van der Waals surface area contributed by atoms with E-state index in [0.29, 0.717) is 17.0 Å². The zero-order valence-electron chi connectivity index (χ0n) is 6.39. The van der Waals surface area contributed by atoms with Gasteiger partial charge in [0.25, 0.3) is 0 Å². The highest BCUT2D eigenvalue weighted by molar-refractivity contribution is 5.81. The minimum absolute atomic E-state index is 0.390. The second-order valence-electron chi connectivity index (χ2n) is 2.32. The van der Waals surface area contributed by atoms with E-state index in [9.17, 15) is 0 Å². The molecule has 0 atom stereocenters. The van der Waals surface area contributed by atoms with Crippen LogP contribution in [0.4, 0.5) is 5.82 Å². The molecule has 0 amide bonds. The molecule has 0 spiro atoms. The van der Waals surface area contributed by atoms with Gasteiger partial charge < -0.3 is 4.98 Å². The maximum atomic E-state index is 9.13. The molecule has 0 saturated carbocycles. The van der Waals surface area contributed by atoms with E-state index in [0.717, 1.165) is 5.06 Å². The quantitative estimate of drug-likeness (QED) is 0.589. The Morgan fingerprint density at radius 1 is 1.42 bits per heavy atom. The van der Waals surface area contributed by atoms with Gasteiger partial charge in [0.15, 0.2) is 17.0 Å². The van der Waals surface area contributed by atoms with Crippen LogP contribution in [0.5, 0.6) is 0 Å². The number of rotatable bonds is 1. The molecule has 0 saturated heterocycles. The van der Waals surface area contributed by atoms with Crippen LogP contribution in [-0.2, 0) is 0 Å². The lowest BCUT2D eigenvalue weighted by Crippen LogP contribution is -2.12. The standard InChI is InChI=1S/C6H7N5O/c1-11(12)6-4-5(8-2-7-4)9-3-10-6/h2-3,12H,1H3,(H,7,8,9,10). The predicted octanol–water partition coefficient (Wildman–Crippen LogP) is 0.178. The van der Waals surface area contributed by atoms with Gasteiger partial charge in [-0.1, -0.05) is 0 Å². The minimum Gasteiger partial charge on any atom is -0.329 e. The number of hydroxylamine groups is 1. The van der Waals surface area contributed by atoms with Crippen molar-refractivity contribution in [1.29, 1.82) is 0 Å². The van der Waals surface area contributed by atoms with Gasteiger partial charge in [0.2, 0.25) is 0 Å². The number of hydrogen-bond acceptors (Lipinski definition) is 5. The van der Waals surface area contributed by atoms with Crippen molar-refractivity contribution < 1.29 is 5.21 Å². The number of hydrogen-bond donors (Lipinski definition) is 2. The van der Waals surface area contributed by atoms with Gasteiger partial charge in [-0.25, -0.2) is 20.0 Å². The van der Waals surface area contributed by atoms with Crippen molar-refractivity contribution in [3.05, 3.63) is 12.7 Å². The molecule has 6 nitrogen and oxygen atoms in total. The van der Waals surface area contributed by atoms with Crippen LogP contribution >= 0.6 is 0 Å². The Balaban J connectivity index is 2.73. The van der Waals surface area contributed by atoms with Gasteiger partial charge in [0.1, 0.15) is 6.33 Å². The molecule has 0 aromatic carbocycles. The lowest BCUT2D eigenvalue weighted by molar-refractivity contribution is 0.277. The second-order valence-corrected chi connectivity index (χ2v) is 2.32. The Hall–Kier alpha value is -1.69. The van der Waals surface area contributed by atoms with E-state index in [1.807, 2.05) is 0 Å². The van der Waals surface area contributed by atoms with E-state index < -0.39 is 0 Å². The predicted molar refractivity (Wildman–Crippen MR) is 41.9 cm³/mol. The topological polar surface area (TPSA) is 77.9 Å². The molecular weight excluding hydrogens is 158 g/mol. The van der Waals surface area contributed by atoms with Crippen LogP contribution in [0.2, 0.25) is 0 Å². The molecule has 0 aliphatic rings. The number of nitrogens with one attached hydrogen (secondary N) is 1. The lowest BCUT2D eigenvalue weighted by Gasteiger charge is -2.07. The number of aromatic amines is 1. The van der Waals surface area contributed by atoms with Gasteiger partial charge in [0.05, 0.1) is 6.33 Å². The second kappa shape index (κ2) is 2.42. The monoisotopic (exact) mass is 165 g/mol. The van der Waals surface area contributed by atoms with E-state index in [4.69, 9.17) is 5.21 Å². The summed E-state index contributed by atoms with van der Waals surface area (Å²) < 4.78 is 0. The zero-order valence-corrected chi connectivity index (χ0v) is 6.39. The highest BCUT2D eigenvalue weighted by Crippen LogP contribution is 2.15. The van der Waals surface area contributed by atoms with Crippen LogP contribution in [0, 0.1) is 0 Å². The first-order valence-corrected chi connectivity index (χ1v) is 3.35. The Morgan fingerprint density at radius 2 is 2.25 bits per heavy atom. The van der Waals surface area contributed by atoms with Gasteiger partial charge in [-0.3, -0.25) is 5.21 Å². The van der Waals surface area contributed by atoms with Crippen molar-refractivity contribution in [3.63, 3.8) is 0 Å². The lowest BCUT2D eigenvalue weighted by atomic mass is 10.5. The number of fused-ring (bicyclic) bond motifs is 1. The molecule has 0 radical (unpaired) electrons. The van der Waals surface area contributed by atoms with E-state index >= 15 is 0 Å². The van der Waals surface area contributed by atoms with Crippen LogP contribution in [-0.4, -0.2) is 32.2 Å². The summed E-state index contributed by atoms with van der Waals surface area (Å²) in [5.41, 5.74) is 1.17. The Morgan fingerprint density at radius 3 is 3.00 bits per heavy atom. The van der Waals surface area contributed by atoms with E-state index in [2.05, 4.69) is 19.9 Å². The normalized spacial score (nSPS) is 10.5. The molecule has 6 heteroatoms. The smallest absolute Gasteiger partial charge is 0.183 e. The van der Waals surface area contributed by atoms with Crippen LogP contribution in [0.3, 0.4) is 0 Å². The first kappa shape index (κ1) is 6.99. The van der Waals surface area contributed by atoms with Gasteiger partial charge in [0, 0.05) is 7.05 Å². The summed E-state index contributed by atoms with van der Waals surface area (Å²) in [6, 6.07) is 0. The molecule has 0 aliphatic carbocycles. The molecule has 62 valence electrons. The molecule has 0 unspecified atom stereocenters. The van der Waals surface area contributed by atoms with Gasteiger partial charge in [-0.15, -0.1) is 0 Å². The molecule has 0 bridgehead atoms. The molecule has 0 fully saturated rings. The molecule has 2 aromatic rings. The molecule has 2 heterocycles. The van der Waals surface area contributed by atoms with Crippen molar-refractivity contribution in [2.24, 2.45) is 0 Å². The van der Waals surface area contributed by atoms with Gasteiger partial charge >= 0.3 is 0 Å². The maximum Gasteiger partial charge on any atom is 0.183 e. The SMILES string of the molecule is CN(O)c1ncnc2[nH]cnc12. The average Bonchev–Trinajstić information content (AvgIpc) is 2.49. The first-order valence-electron chi connectivity index (χ1n) is 3.35. The van der Waals surface area contributed by atoms with Crippen LogP contribution < -0.4 is 5.06 Å². The number of anilines is 1. The van der Waals surface area contributed by atoms with Crippen molar-refractivity contribution in [3.8, 4) is 0 Å². The fourth-order valence-electron chi connectivity index (χ4n) is 0.989. The Bertz CT molecular complexity index is 395. The van der Waals surface area contributed by atoms with Gasteiger partial charge in [-0.05, 0) is 0 Å². The summed E-state index contributed by atoms with van der Waals surface area (Å²) in [7, 11) is 1.48. The summed E-state index contributed by atoms with van der Waals surface area (Å²) in [5, 5.41) is 10.0. The average molecular weight is 165 g/mol. The third-order valence-electron chi connectivity index (χ3n) is 1.50. The van der Waals surface area contributed by atoms with Crippen LogP contribution in [0.25, 0.3) is 11.2 Å². The van der Waals surface area contributed by atoms with Crippen molar-refractivity contribution in [2.45, 2.75) is 0 Å². The molecule has 2 rings (SSSR count).